The fraction of sp³-hybridized carbons (Fsp3) is 0.417. The predicted molar refractivity (Wildman–Crippen MR) is 73.9 cm³/mol. The van der Waals surface area contributed by atoms with Crippen LogP contribution in [0.2, 0.25) is 0 Å². The van der Waals surface area contributed by atoms with Crippen LogP contribution >= 0.6 is 27.3 Å². The summed E-state index contributed by atoms with van der Waals surface area (Å²) in [4.78, 5) is 16.6. The molecular weight excluding hydrogens is 318 g/mol. The number of rotatable bonds is 4. The molecule has 1 N–H and O–H groups in total. The second-order valence-electron chi connectivity index (χ2n) is 3.90. The first-order chi connectivity index (χ1) is 8.74. The van der Waals surface area contributed by atoms with Crippen LogP contribution in [-0.4, -0.2) is 18.8 Å². The first-order valence-corrected chi connectivity index (χ1v) is 7.40. The van der Waals surface area contributed by atoms with Gasteiger partial charge in [0.2, 0.25) is 0 Å². The van der Waals surface area contributed by atoms with Crippen molar-refractivity contribution >= 4 is 39.2 Å². The minimum Gasteiger partial charge on any atom is -0.350 e. The van der Waals surface area contributed by atoms with Gasteiger partial charge in [-0.2, -0.15) is 0 Å². The third-order valence-corrected chi connectivity index (χ3v) is 3.97. The molecule has 0 radical (unpaired) electrons. The highest BCUT2D eigenvalue weighted by Gasteiger charge is 2.14. The lowest BCUT2D eigenvalue weighted by Crippen LogP contribution is -2.32. The minimum atomic E-state index is -0.314. The Morgan fingerprint density at radius 1 is 1.61 bits per heavy atom. The Kier molecular flexibility index (Phi) is 5.37. The number of hydrogen-bond donors (Lipinski definition) is 1. The predicted octanol–water partition coefficient (Wildman–Crippen LogP) is 3.10. The van der Waals surface area contributed by atoms with Crippen LogP contribution in [0.5, 0.6) is 0 Å². The molecule has 18 heavy (non-hydrogen) atoms. The molecule has 0 aliphatic carbocycles. The summed E-state index contributed by atoms with van der Waals surface area (Å²) in [5.41, 5.74) is 3.35. The molecule has 2 heterocycles. The van der Waals surface area contributed by atoms with Crippen LogP contribution < -0.4 is 5.48 Å². The van der Waals surface area contributed by atoms with Gasteiger partial charge < -0.3 is 4.74 Å². The van der Waals surface area contributed by atoms with Gasteiger partial charge in [0.25, 0.3) is 5.91 Å². The number of thiophene rings is 1. The maximum Gasteiger partial charge on any atom is 0.267 e. The molecule has 0 bridgehead atoms. The van der Waals surface area contributed by atoms with Crippen molar-refractivity contribution < 1.29 is 14.4 Å². The molecule has 98 valence electrons. The number of hydrogen-bond acceptors (Lipinski definition) is 4. The second kappa shape index (κ2) is 7.04. The van der Waals surface area contributed by atoms with Crippen LogP contribution in [0.3, 0.4) is 0 Å². The van der Waals surface area contributed by atoms with Crippen LogP contribution in [0.15, 0.2) is 21.3 Å². The van der Waals surface area contributed by atoms with E-state index in [0.717, 1.165) is 28.6 Å². The van der Waals surface area contributed by atoms with Gasteiger partial charge in [-0.05, 0) is 51.9 Å². The number of hydroxylamine groups is 1. The van der Waals surface area contributed by atoms with Gasteiger partial charge >= 0.3 is 0 Å². The maximum absolute atomic E-state index is 11.5. The first-order valence-electron chi connectivity index (χ1n) is 5.73. The molecule has 1 aromatic heterocycles. The lowest BCUT2D eigenvalue weighted by Gasteiger charge is -2.21. The summed E-state index contributed by atoms with van der Waals surface area (Å²) < 4.78 is 6.37. The summed E-state index contributed by atoms with van der Waals surface area (Å²) in [5, 5.41) is 1.96. The van der Waals surface area contributed by atoms with Crippen LogP contribution in [0, 0.1) is 0 Å². The van der Waals surface area contributed by atoms with Gasteiger partial charge in [0, 0.05) is 19.1 Å². The van der Waals surface area contributed by atoms with Gasteiger partial charge in [-0.25, -0.2) is 10.3 Å². The second-order valence-corrected chi connectivity index (χ2v) is 6.19. The van der Waals surface area contributed by atoms with Crippen molar-refractivity contribution in [3.63, 3.8) is 0 Å². The molecule has 1 atom stereocenters. The molecular formula is C12H14BrNO3S. The lowest BCUT2D eigenvalue weighted by atomic mass is 10.2. The van der Waals surface area contributed by atoms with E-state index in [0.29, 0.717) is 6.61 Å². The molecule has 1 amide bonds. The highest BCUT2D eigenvalue weighted by Crippen LogP contribution is 2.21. The molecule has 0 saturated carbocycles. The molecule has 1 aromatic rings. The van der Waals surface area contributed by atoms with E-state index in [1.165, 1.54) is 6.08 Å². The van der Waals surface area contributed by atoms with E-state index in [-0.39, 0.29) is 12.2 Å². The van der Waals surface area contributed by atoms with Crippen LogP contribution in [0.25, 0.3) is 6.08 Å². The number of amides is 1. The summed E-state index contributed by atoms with van der Waals surface area (Å²) >= 11 is 4.94. The molecule has 4 nitrogen and oxygen atoms in total. The third-order valence-electron chi connectivity index (χ3n) is 2.44. The molecule has 1 aliphatic rings. The van der Waals surface area contributed by atoms with Crippen molar-refractivity contribution in [2.75, 3.05) is 6.61 Å². The molecule has 1 aliphatic heterocycles. The average Bonchev–Trinajstić information content (AvgIpc) is 2.81. The van der Waals surface area contributed by atoms with Crippen molar-refractivity contribution in [1.82, 2.24) is 5.48 Å². The average molecular weight is 332 g/mol. The molecule has 0 aromatic carbocycles. The van der Waals surface area contributed by atoms with Gasteiger partial charge in [0.1, 0.15) is 0 Å². The van der Waals surface area contributed by atoms with Crippen molar-refractivity contribution in [2.45, 2.75) is 25.6 Å². The topological polar surface area (TPSA) is 47.6 Å². The van der Waals surface area contributed by atoms with Gasteiger partial charge in [-0.3, -0.25) is 4.79 Å². The Bertz CT molecular complexity index is 427. The molecule has 0 unspecified atom stereocenters. The van der Waals surface area contributed by atoms with E-state index in [1.807, 2.05) is 11.4 Å². The first kappa shape index (κ1) is 13.7. The number of carbonyl (C=O) groups is 1. The largest absolute Gasteiger partial charge is 0.350 e. The van der Waals surface area contributed by atoms with E-state index >= 15 is 0 Å². The Labute approximate surface area is 118 Å². The Morgan fingerprint density at radius 2 is 2.50 bits per heavy atom. The van der Waals surface area contributed by atoms with Gasteiger partial charge in [-0.15, -0.1) is 11.3 Å². The molecule has 6 heteroatoms. The van der Waals surface area contributed by atoms with Crippen LogP contribution in [0.4, 0.5) is 0 Å². The maximum atomic E-state index is 11.5. The SMILES string of the molecule is O=C(/C=C/c1csc(Br)c1)NO[C@H]1CCCCO1. The van der Waals surface area contributed by atoms with E-state index in [1.54, 1.807) is 17.4 Å². The molecule has 2 rings (SSSR count). The van der Waals surface area contributed by atoms with E-state index in [4.69, 9.17) is 9.57 Å². The number of halogens is 1. The Morgan fingerprint density at radius 3 is 3.17 bits per heavy atom. The standard InChI is InChI=1S/C12H14BrNO3S/c13-10-7-9(8-18-10)4-5-11(15)14-17-12-3-1-2-6-16-12/h4-5,7-8,12H,1-3,6H2,(H,14,15)/b5-4+/t12-/m0/s1. The van der Waals surface area contributed by atoms with E-state index < -0.39 is 0 Å². The zero-order chi connectivity index (χ0) is 12.8. The number of nitrogens with one attached hydrogen (secondary N) is 1. The fourth-order valence-electron chi connectivity index (χ4n) is 1.54. The monoisotopic (exact) mass is 331 g/mol. The van der Waals surface area contributed by atoms with Gasteiger partial charge in [-0.1, -0.05) is 0 Å². The lowest BCUT2D eigenvalue weighted by molar-refractivity contribution is -0.198. The highest BCUT2D eigenvalue weighted by molar-refractivity contribution is 9.11. The zero-order valence-electron chi connectivity index (χ0n) is 9.73. The van der Waals surface area contributed by atoms with Crippen molar-refractivity contribution in [2.24, 2.45) is 0 Å². The molecule has 1 fully saturated rings. The normalized spacial score (nSPS) is 20.2. The third kappa shape index (κ3) is 4.53. The van der Waals surface area contributed by atoms with Crippen LogP contribution in [0.1, 0.15) is 24.8 Å². The summed E-state index contributed by atoms with van der Waals surface area (Å²) in [6, 6.07) is 1.94. The zero-order valence-corrected chi connectivity index (χ0v) is 12.1. The van der Waals surface area contributed by atoms with E-state index in [2.05, 4.69) is 21.4 Å². The molecule has 1 saturated heterocycles. The van der Waals surface area contributed by atoms with Gasteiger partial charge in [0.05, 0.1) is 3.79 Å². The Hall–Kier alpha value is -0.690. The number of carbonyl (C=O) groups excluding carboxylic acids is 1. The van der Waals surface area contributed by atoms with E-state index in [9.17, 15) is 4.79 Å². The quantitative estimate of drug-likeness (QED) is 0.681. The minimum absolute atomic E-state index is 0.286. The summed E-state index contributed by atoms with van der Waals surface area (Å²) in [6.45, 7) is 0.694. The Balaban J connectivity index is 1.73. The van der Waals surface area contributed by atoms with Crippen molar-refractivity contribution in [1.29, 1.82) is 0 Å². The summed E-state index contributed by atoms with van der Waals surface area (Å²) in [6.07, 6.45) is 5.81. The smallest absolute Gasteiger partial charge is 0.267 e. The van der Waals surface area contributed by atoms with Crippen LogP contribution in [-0.2, 0) is 14.4 Å². The fourth-order valence-corrected chi connectivity index (χ4v) is 2.69. The van der Waals surface area contributed by atoms with Crippen molar-refractivity contribution in [3.8, 4) is 0 Å². The molecule has 0 spiro atoms. The summed E-state index contributed by atoms with van der Waals surface area (Å²) in [7, 11) is 0. The van der Waals surface area contributed by atoms with Gasteiger partial charge in [0.15, 0.2) is 6.29 Å². The highest BCUT2D eigenvalue weighted by atomic mass is 79.9. The summed E-state index contributed by atoms with van der Waals surface area (Å²) in [5.74, 6) is -0.286. The number of ether oxygens (including phenoxy) is 1. The van der Waals surface area contributed by atoms with Crippen molar-refractivity contribution in [3.05, 3.63) is 26.9 Å².